The predicted molar refractivity (Wildman–Crippen MR) is 143 cm³/mol. The Hall–Kier alpha value is -3.03. The fourth-order valence-corrected chi connectivity index (χ4v) is 7.57. The van der Waals surface area contributed by atoms with Gasteiger partial charge in [0.25, 0.3) is 0 Å². The van der Waals surface area contributed by atoms with Crippen LogP contribution in [0.5, 0.6) is 0 Å². The third-order valence-corrected chi connectivity index (χ3v) is 10.2. The van der Waals surface area contributed by atoms with Gasteiger partial charge in [0.15, 0.2) is 15.7 Å². The molecule has 37 heavy (non-hydrogen) atoms. The molecule has 13 heteroatoms. The first kappa shape index (κ1) is 24.3. The Bertz CT molecular complexity index is 1380. The highest BCUT2D eigenvalue weighted by atomic mass is 32.2. The van der Waals surface area contributed by atoms with Crippen LogP contribution in [0.3, 0.4) is 0 Å². The molecule has 3 aromatic rings. The highest BCUT2D eigenvalue weighted by Gasteiger charge is 2.37. The minimum atomic E-state index is -2.93. The molecule has 0 aromatic carbocycles. The van der Waals surface area contributed by atoms with E-state index in [-0.39, 0.29) is 28.6 Å². The first-order valence-electron chi connectivity index (χ1n) is 12.3. The quantitative estimate of drug-likeness (QED) is 0.517. The Labute approximate surface area is 219 Å². The lowest BCUT2D eigenvalue weighted by Crippen LogP contribution is -2.40. The van der Waals surface area contributed by atoms with E-state index in [1.165, 1.54) is 0 Å². The molecule has 6 heterocycles. The fourth-order valence-electron chi connectivity index (χ4n) is 4.87. The average Bonchev–Trinajstić information content (AvgIpc) is 3.25. The van der Waals surface area contributed by atoms with E-state index in [0.717, 1.165) is 46.4 Å². The second-order valence-electron chi connectivity index (χ2n) is 9.43. The van der Waals surface area contributed by atoms with Gasteiger partial charge in [-0.15, -0.1) is 11.8 Å². The van der Waals surface area contributed by atoms with Gasteiger partial charge in [-0.1, -0.05) is 13.0 Å². The summed E-state index contributed by atoms with van der Waals surface area (Å²) in [5.41, 5.74) is 8.53. The zero-order chi connectivity index (χ0) is 25.6. The number of aromatic nitrogens is 5. The molecule has 2 saturated heterocycles. The van der Waals surface area contributed by atoms with Gasteiger partial charge in [0.2, 0.25) is 5.95 Å². The molecule has 0 bridgehead atoms. The Morgan fingerprint density at radius 2 is 1.70 bits per heavy atom. The van der Waals surface area contributed by atoms with E-state index in [2.05, 4.69) is 27.9 Å². The van der Waals surface area contributed by atoms with Crippen molar-refractivity contribution in [2.75, 3.05) is 66.4 Å². The standard InChI is InChI=1S/C24H28N8O3S2/c1-15-19-21(36-20(15)16-2-3-18(26-12-16)31-6-10-37(33,34)11-7-31)23(32-4-8-35-9-5-32)30-22(29-19)17-13-27-24(25)28-14-17/h2-3,12-15,20H,4-11H2,1H3,(H2,25,27,28). The summed E-state index contributed by atoms with van der Waals surface area (Å²) >= 11 is 1.77. The molecule has 0 spiro atoms. The van der Waals surface area contributed by atoms with Crippen LogP contribution >= 0.6 is 11.8 Å². The van der Waals surface area contributed by atoms with Gasteiger partial charge < -0.3 is 20.3 Å². The number of nitrogen functional groups attached to an aromatic ring is 1. The number of nitrogens with two attached hydrogens (primary N) is 1. The molecule has 2 fully saturated rings. The Morgan fingerprint density at radius 3 is 2.38 bits per heavy atom. The van der Waals surface area contributed by atoms with Crippen LogP contribution < -0.4 is 15.5 Å². The summed E-state index contributed by atoms with van der Waals surface area (Å²) in [6, 6.07) is 4.09. The van der Waals surface area contributed by atoms with Crippen LogP contribution in [0.2, 0.25) is 0 Å². The van der Waals surface area contributed by atoms with E-state index < -0.39 is 9.84 Å². The molecule has 0 radical (unpaired) electrons. The Balaban J connectivity index is 1.31. The minimum absolute atomic E-state index is 0.129. The molecule has 2 N–H and O–H groups in total. The van der Waals surface area contributed by atoms with Crippen molar-refractivity contribution in [3.05, 3.63) is 42.0 Å². The van der Waals surface area contributed by atoms with Crippen molar-refractivity contribution in [1.82, 2.24) is 24.9 Å². The lowest BCUT2D eigenvalue weighted by Gasteiger charge is -2.29. The molecular weight excluding hydrogens is 512 g/mol. The summed E-state index contributed by atoms with van der Waals surface area (Å²) in [4.78, 5) is 28.3. The number of thioether (sulfide) groups is 1. The summed E-state index contributed by atoms with van der Waals surface area (Å²) < 4.78 is 29.2. The van der Waals surface area contributed by atoms with Gasteiger partial charge in [0, 0.05) is 55.9 Å². The largest absolute Gasteiger partial charge is 0.378 e. The van der Waals surface area contributed by atoms with E-state index in [1.54, 1.807) is 24.2 Å². The summed E-state index contributed by atoms with van der Waals surface area (Å²) in [7, 11) is -2.93. The van der Waals surface area contributed by atoms with Gasteiger partial charge in [0.05, 0.1) is 40.9 Å². The predicted octanol–water partition coefficient (Wildman–Crippen LogP) is 1.93. The molecule has 2 unspecified atom stereocenters. The lowest BCUT2D eigenvalue weighted by molar-refractivity contribution is 0.122. The lowest BCUT2D eigenvalue weighted by atomic mass is 9.98. The van der Waals surface area contributed by atoms with E-state index in [1.807, 2.05) is 17.2 Å². The third kappa shape index (κ3) is 4.82. The number of hydrogen-bond donors (Lipinski definition) is 1. The number of morpholine rings is 1. The molecule has 3 aromatic heterocycles. The van der Waals surface area contributed by atoms with Crippen molar-refractivity contribution in [2.45, 2.75) is 23.0 Å². The zero-order valence-electron chi connectivity index (χ0n) is 20.4. The monoisotopic (exact) mass is 540 g/mol. The minimum Gasteiger partial charge on any atom is -0.378 e. The number of ether oxygens (including phenoxy) is 1. The molecule has 3 aliphatic heterocycles. The van der Waals surface area contributed by atoms with Gasteiger partial charge in [-0.2, -0.15) is 0 Å². The highest BCUT2D eigenvalue weighted by molar-refractivity contribution is 8.00. The molecule has 194 valence electrons. The highest BCUT2D eigenvalue weighted by Crippen LogP contribution is 2.56. The fraction of sp³-hybridized carbons (Fsp3) is 0.458. The van der Waals surface area contributed by atoms with Gasteiger partial charge >= 0.3 is 0 Å². The SMILES string of the molecule is CC1c2nc(-c3cnc(N)nc3)nc(N3CCOCC3)c2SC1c1ccc(N2CCS(=O)(=O)CC2)nc1. The van der Waals surface area contributed by atoms with Crippen molar-refractivity contribution < 1.29 is 13.2 Å². The second kappa shape index (κ2) is 9.69. The number of pyridine rings is 1. The van der Waals surface area contributed by atoms with E-state index in [0.29, 0.717) is 32.1 Å². The Morgan fingerprint density at radius 1 is 0.973 bits per heavy atom. The second-order valence-corrected chi connectivity index (χ2v) is 12.9. The molecular formula is C24H28N8O3S2. The maximum absolute atomic E-state index is 11.8. The first-order valence-corrected chi connectivity index (χ1v) is 15.0. The van der Waals surface area contributed by atoms with Crippen LogP contribution in [-0.2, 0) is 14.6 Å². The van der Waals surface area contributed by atoms with Crippen LogP contribution in [0.15, 0.2) is 35.6 Å². The van der Waals surface area contributed by atoms with Crippen LogP contribution in [0, 0.1) is 0 Å². The van der Waals surface area contributed by atoms with Crippen LogP contribution in [0.25, 0.3) is 11.4 Å². The third-order valence-electron chi connectivity index (χ3n) is 7.01. The summed E-state index contributed by atoms with van der Waals surface area (Å²) in [5, 5.41) is 0.130. The van der Waals surface area contributed by atoms with Crippen molar-refractivity contribution in [1.29, 1.82) is 0 Å². The van der Waals surface area contributed by atoms with Crippen LogP contribution in [0.1, 0.15) is 29.3 Å². The number of rotatable bonds is 4. The van der Waals surface area contributed by atoms with Crippen molar-refractivity contribution in [3.8, 4) is 11.4 Å². The maximum Gasteiger partial charge on any atom is 0.219 e. The topological polar surface area (TPSA) is 140 Å². The summed E-state index contributed by atoms with van der Waals surface area (Å²) in [6.45, 7) is 5.99. The van der Waals surface area contributed by atoms with Gasteiger partial charge in [-0.3, -0.25) is 0 Å². The van der Waals surface area contributed by atoms with Crippen molar-refractivity contribution >= 4 is 39.2 Å². The molecule has 0 aliphatic carbocycles. The van der Waals surface area contributed by atoms with Crippen LogP contribution in [0.4, 0.5) is 17.6 Å². The average molecular weight is 541 g/mol. The molecule has 0 amide bonds. The van der Waals surface area contributed by atoms with E-state index >= 15 is 0 Å². The van der Waals surface area contributed by atoms with Crippen molar-refractivity contribution in [2.24, 2.45) is 0 Å². The summed E-state index contributed by atoms with van der Waals surface area (Å²) in [5.74, 6) is 3.00. The molecule has 0 saturated carbocycles. The maximum atomic E-state index is 11.8. The number of sulfone groups is 1. The number of anilines is 3. The van der Waals surface area contributed by atoms with E-state index in [9.17, 15) is 8.42 Å². The van der Waals surface area contributed by atoms with E-state index in [4.69, 9.17) is 25.4 Å². The number of fused-ring (bicyclic) bond motifs is 1. The molecule has 3 aliphatic rings. The molecule has 6 rings (SSSR count). The molecule has 11 nitrogen and oxygen atoms in total. The summed E-state index contributed by atoms with van der Waals surface area (Å²) in [6.07, 6.45) is 5.23. The smallest absolute Gasteiger partial charge is 0.219 e. The number of hydrogen-bond acceptors (Lipinski definition) is 12. The first-order chi connectivity index (χ1) is 17.9. The van der Waals surface area contributed by atoms with Crippen molar-refractivity contribution in [3.63, 3.8) is 0 Å². The normalized spacial score (nSPS) is 23.2. The zero-order valence-corrected chi connectivity index (χ0v) is 22.1. The van der Waals surface area contributed by atoms with Gasteiger partial charge in [-0.25, -0.2) is 33.3 Å². The Kier molecular flexibility index (Phi) is 6.37. The van der Waals surface area contributed by atoms with Gasteiger partial charge in [0.1, 0.15) is 11.6 Å². The van der Waals surface area contributed by atoms with Gasteiger partial charge in [-0.05, 0) is 11.6 Å². The van der Waals surface area contributed by atoms with Crippen LogP contribution in [-0.4, -0.2) is 84.2 Å². The number of nitrogens with zero attached hydrogens (tertiary/aromatic N) is 7. The molecule has 2 atom stereocenters.